The van der Waals surface area contributed by atoms with Crippen molar-refractivity contribution in [1.29, 1.82) is 0 Å². The Morgan fingerprint density at radius 2 is 2.17 bits per heavy atom. The van der Waals surface area contributed by atoms with Crippen LogP contribution in [0.3, 0.4) is 0 Å². The molecule has 0 aromatic heterocycles. The normalized spacial score (nSPS) is 18.2. The van der Waals surface area contributed by atoms with Crippen LogP contribution < -0.4 is 10.6 Å². The van der Waals surface area contributed by atoms with E-state index in [9.17, 15) is 0 Å². The van der Waals surface area contributed by atoms with Gasteiger partial charge >= 0.3 is 0 Å². The van der Waals surface area contributed by atoms with Gasteiger partial charge in [0.2, 0.25) is 0 Å². The summed E-state index contributed by atoms with van der Waals surface area (Å²) in [5.41, 5.74) is 0. The number of hydrogen-bond acceptors (Lipinski definition) is 3. The first-order valence-corrected chi connectivity index (χ1v) is 4.95. The summed E-state index contributed by atoms with van der Waals surface area (Å²) in [7, 11) is 2.12. The molecule has 0 spiro atoms. The van der Waals surface area contributed by atoms with Crippen molar-refractivity contribution in [2.24, 2.45) is 0 Å². The van der Waals surface area contributed by atoms with E-state index < -0.39 is 0 Å². The highest BCUT2D eigenvalue weighted by molar-refractivity contribution is 4.75. The summed E-state index contributed by atoms with van der Waals surface area (Å²) >= 11 is 0. The Morgan fingerprint density at radius 3 is 2.67 bits per heavy atom. The van der Waals surface area contributed by atoms with E-state index in [1.165, 1.54) is 19.3 Å². The Labute approximate surface area is 75.5 Å². The fraction of sp³-hybridized carbons (Fsp3) is 1.00. The van der Waals surface area contributed by atoms with E-state index in [0.717, 1.165) is 25.9 Å². The Kier molecular flexibility index (Phi) is 4.58. The third-order valence-electron chi connectivity index (χ3n) is 2.54. The molecule has 72 valence electrons. The average Bonchev–Trinajstić information content (AvgIpc) is 2.00. The van der Waals surface area contributed by atoms with Gasteiger partial charge in [-0.25, -0.2) is 0 Å². The van der Waals surface area contributed by atoms with E-state index in [1.54, 1.807) is 0 Å². The van der Waals surface area contributed by atoms with Crippen molar-refractivity contribution < 1.29 is 0 Å². The molecule has 0 amide bonds. The molecule has 0 heterocycles. The Bertz CT molecular complexity index is 106. The molecule has 1 aliphatic rings. The van der Waals surface area contributed by atoms with Crippen LogP contribution >= 0.6 is 0 Å². The van der Waals surface area contributed by atoms with Crippen LogP contribution in [0.4, 0.5) is 0 Å². The van der Waals surface area contributed by atoms with Gasteiger partial charge in [0, 0.05) is 19.4 Å². The summed E-state index contributed by atoms with van der Waals surface area (Å²) in [6.45, 7) is 5.21. The summed E-state index contributed by atoms with van der Waals surface area (Å²) in [5, 5.41) is 6.81. The monoisotopic (exact) mass is 171 g/mol. The quantitative estimate of drug-likeness (QED) is 0.452. The van der Waals surface area contributed by atoms with E-state index >= 15 is 0 Å². The van der Waals surface area contributed by atoms with E-state index in [4.69, 9.17) is 0 Å². The van der Waals surface area contributed by atoms with E-state index in [1.807, 2.05) is 0 Å². The summed E-state index contributed by atoms with van der Waals surface area (Å²) in [5.74, 6) is 0. The van der Waals surface area contributed by atoms with E-state index in [0.29, 0.717) is 0 Å². The number of hydrogen-bond donors (Lipinski definition) is 2. The van der Waals surface area contributed by atoms with Crippen LogP contribution in [0.1, 0.15) is 26.2 Å². The SMILES string of the molecule is CCN(C)CNCNC1CCC1. The first-order valence-electron chi connectivity index (χ1n) is 4.95. The highest BCUT2D eigenvalue weighted by Gasteiger charge is 2.15. The molecule has 0 atom stereocenters. The third-order valence-corrected chi connectivity index (χ3v) is 2.54. The van der Waals surface area contributed by atoms with Gasteiger partial charge in [-0.1, -0.05) is 13.3 Å². The minimum Gasteiger partial charge on any atom is -0.302 e. The summed E-state index contributed by atoms with van der Waals surface area (Å²) in [6.07, 6.45) is 4.14. The summed E-state index contributed by atoms with van der Waals surface area (Å²) < 4.78 is 0. The number of rotatable bonds is 6. The molecule has 0 aliphatic heterocycles. The molecule has 1 fully saturated rings. The van der Waals surface area contributed by atoms with E-state index in [-0.39, 0.29) is 0 Å². The van der Waals surface area contributed by atoms with Crippen LogP contribution in [-0.2, 0) is 0 Å². The fourth-order valence-electron chi connectivity index (χ4n) is 1.19. The highest BCUT2D eigenvalue weighted by Crippen LogP contribution is 2.17. The van der Waals surface area contributed by atoms with Gasteiger partial charge in [-0.3, -0.25) is 10.2 Å². The summed E-state index contributed by atoms with van der Waals surface area (Å²) in [6, 6.07) is 0.796. The lowest BCUT2D eigenvalue weighted by molar-refractivity contribution is 0.287. The van der Waals surface area contributed by atoms with Gasteiger partial charge < -0.3 is 5.32 Å². The third kappa shape index (κ3) is 3.52. The van der Waals surface area contributed by atoms with E-state index in [2.05, 4.69) is 29.5 Å². The van der Waals surface area contributed by atoms with Gasteiger partial charge in [-0.15, -0.1) is 0 Å². The van der Waals surface area contributed by atoms with Crippen LogP contribution in [0.25, 0.3) is 0 Å². The molecular weight excluding hydrogens is 150 g/mol. The molecule has 3 nitrogen and oxygen atoms in total. The molecular formula is C9H21N3. The first kappa shape index (κ1) is 9.96. The molecule has 0 radical (unpaired) electrons. The molecule has 0 bridgehead atoms. The van der Waals surface area contributed by atoms with Gasteiger partial charge in [0.15, 0.2) is 0 Å². The molecule has 1 rings (SSSR count). The van der Waals surface area contributed by atoms with Crippen molar-refractivity contribution in [1.82, 2.24) is 15.5 Å². The predicted octanol–water partition coefficient (Wildman–Crippen LogP) is 0.585. The van der Waals surface area contributed by atoms with Crippen LogP contribution in [0.15, 0.2) is 0 Å². The van der Waals surface area contributed by atoms with Gasteiger partial charge in [-0.2, -0.15) is 0 Å². The zero-order valence-electron chi connectivity index (χ0n) is 8.27. The lowest BCUT2D eigenvalue weighted by Gasteiger charge is -2.27. The topological polar surface area (TPSA) is 27.3 Å². The molecule has 0 saturated heterocycles. The van der Waals surface area contributed by atoms with Crippen LogP contribution in [0.2, 0.25) is 0 Å². The molecule has 0 unspecified atom stereocenters. The molecule has 0 aromatic rings. The lowest BCUT2D eigenvalue weighted by Crippen LogP contribution is -2.43. The van der Waals surface area contributed by atoms with Gasteiger partial charge in [-0.05, 0) is 26.4 Å². The molecule has 2 N–H and O–H groups in total. The number of nitrogens with zero attached hydrogens (tertiary/aromatic N) is 1. The second-order valence-electron chi connectivity index (χ2n) is 3.59. The van der Waals surface area contributed by atoms with Crippen LogP contribution in [0, 0.1) is 0 Å². The second-order valence-corrected chi connectivity index (χ2v) is 3.59. The smallest absolute Gasteiger partial charge is 0.0487 e. The predicted molar refractivity (Wildman–Crippen MR) is 51.9 cm³/mol. The van der Waals surface area contributed by atoms with Crippen molar-refractivity contribution in [3.8, 4) is 0 Å². The van der Waals surface area contributed by atoms with Crippen molar-refractivity contribution in [2.75, 3.05) is 26.9 Å². The lowest BCUT2D eigenvalue weighted by atomic mass is 9.93. The van der Waals surface area contributed by atoms with Gasteiger partial charge in [0.1, 0.15) is 0 Å². The minimum absolute atomic E-state index is 0.796. The molecule has 3 heteroatoms. The Balaban J connectivity index is 1.82. The first-order chi connectivity index (χ1) is 5.83. The maximum Gasteiger partial charge on any atom is 0.0487 e. The maximum atomic E-state index is 3.46. The zero-order valence-corrected chi connectivity index (χ0v) is 8.27. The van der Waals surface area contributed by atoms with Gasteiger partial charge in [0.05, 0.1) is 0 Å². The Hall–Kier alpha value is -0.120. The fourth-order valence-corrected chi connectivity index (χ4v) is 1.19. The van der Waals surface area contributed by atoms with Crippen molar-refractivity contribution >= 4 is 0 Å². The van der Waals surface area contributed by atoms with Crippen molar-refractivity contribution in [3.05, 3.63) is 0 Å². The average molecular weight is 171 g/mol. The zero-order chi connectivity index (χ0) is 8.81. The second kappa shape index (κ2) is 5.51. The highest BCUT2D eigenvalue weighted by atomic mass is 15.2. The Morgan fingerprint density at radius 1 is 1.42 bits per heavy atom. The minimum atomic E-state index is 0.796. The molecule has 1 aliphatic carbocycles. The number of nitrogens with one attached hydrogen (secondary N) is 2. The molecule has 0 aromatic carbocycles. The van der Waals surface area contributed by atoms with Gasteiger partial charge in [0.25, 0.3) is 0 Å². The summed E-state index contributed by atoms with van der Waals surface area (Å²) in [4.78, 5) is 2.25. The van der Waals surface area contributed by atoms with Crippen molar-refractivity contribution in [3.63, 3.8) is 0 Å². The van der Waals surface area contributed by atoms with Crippen molar-refractivity contribution in [2.45, 2.75) is 32.2 Å². The maximum absolute atomic E-state index is 3.46. The molecule has 1 saturated carbocycles. The largest absolute Gasteiger partial charge is 0.302 e. The van der Waals surface area contributed by atoms with Crippen LogP contribution in [-0.4, -0.2) is 37.9 Å². The van der Waals surface area contributed by atoms with Crippen LogP contribution in [0.5, 0.6) is 0 Å². The standard InChI is InChI=1S/C9H21N3/c1-3-12(2)8-10-7-11-9-5-4-6-9/h9-11H,3-8H2,1-2H3. The molecule has 12 heavy (non-hydrogen) atoms.